The van der Waals surface area contributed by atoms with Gasteiger partial charge in [-0.05, 0) is 12.1 Å². The van der Waals surface area contributed by atoms with Gasteiger partial charge in [0.2, 0.25) is 5.95 Å². The lowest BCUT2D eigenvalue weighted by atomic mass is 10.2. The Hall–Kier alpha value is -2.52. The van der Waals surface area contributed by atoms with Gasteiger partial charge in [0.1, 0.15) is 17.3 Å². The van der Waals surface area contributed by atoms with Crippen molar-refractivity contribution in [3.05, 3.63) is 29.2 Å². The second-order valence-electron chi connectivity index (χ2n) is 6.21. The topological polar surface area (TPSA) is 106 Å². The number of anilines is 4. The van der Waals surface area contributed by atoms with Gasteiger partial charge >= 0.3 is 0 Å². The van der Waals surface area contributed by atoms with Crippen LogP contribution in [0.5, 0.6) is 5.75 Å². The Bertz CT molecular complexity index is 799. The van der Waals surface area contributed by atoms with E-state index in [1.54, 1.807) is 12.1 Å². The Balaban J connectivity index is 1.49. The molecule has 146 valence electrons. The number of nitrogens with zero attached hydrogens (tertiary/aromatic N) is 4. The maximum absolute atomic E-state index is 14.2. The molecule has 0 unspecified atom stereocenters. The van der Waals surface area contributed by atoms with Crippen molar-refractivity contribution in [2.45, 2.75) is 0 Å². The number of ether oxygens (including phenoxy) is 1. The molecule has 1 aliphatic rings. The zero-order valence-corrected chi connectivity index (χ0v) is 15.8. The minimum atomic E-state index is -0.266. The normalized spacial score (nSPS) is 15.0. The fourth-order valence-electron chi connectivity index (χ4n) is 3.01. The van der Waals surface area contributed by atoms with E-state index in [0.717, 1.165) is 32.7 Å². The fourth-order valence-corrected chi connectivity index (χ4v) is 3.18. The molecule has 1 saturated heterocycles. The van der Waals surface area contributed by atoms with Crippen molar-refractivity contribution in [2.24, 2.45) is 0 Å². The first-order valence-corrected chi connectivity index (χ1v) is 8.99. The van der Waals surface area contributed by atoms with Crippen LogP contribution in [0.3, 0.4) is 0 Å². The maximum atomic E-state index is 14.2. The summed E-state index contributed by atoms with van der Waals surface area (Å²) < 4.78 is 19.3. The van der Waals surface area contributed by atoms with E-state index in [4.69, 9.17) is 27.8 Å². The van der Waals surface area contributed by atoms with Gasteiger partial charge in [-0.15, -0.1) is 0 Å². The van der Waals surface area contributed by atoms with Gasteiger partial charge in [-0.3, -0.25) is 4.90 Å². The van der Waals surface area contributed by atoms with E-state index >= 15 is 0 Å². The summed E-state index contributed by atoms with van der Waals surface area (Å²) in [7, 11) is 1.53. The van der Waals surface area contributed by atoms with Crippen LogP contribution in [0.1, 0.15) is 0 Å². The van der Waals surface area contributed by atoms with Crippen LogP contribution in [0.25, 0.3) is 0 Å². The monoisotopic (exact) mass is 395 g/mol. The van der Waals surface area contributed by atoms with Crippen molar-refractivity contribution in [2.75, 3.05) is 68.1 Å². The van der Waals surface area contributed by atoms with E-state index < -0.39 is 0 Å². The summed E-state index contributed by atoms with van der Waals surface area (Å²) in [4.78, 5) is 12.2. The summed E-state index contributed by atoms with van der Waals surface area (Å²) in [6.07, 6.45) is 0. The quantitative estimate of drug-likeness (QED) is 0.634. The number of rotatable bonds is 6. The van der Waals surface area contributed by atoms with Crippen molar-refractivity contribution >= 4 is 34.7 Å². The molecule has 2 heterocycles. The van der Waals surface area contributed by atoms with E-state index in [1.807, 2.05) is 4.90 Å². The summed E-state index contributed by atoms with van der Waals surface area (Å²) in [6, 6.07) is 4.95. The van der Waals surface area contributed by atoms with E-state index in [2.05, 4.69) is 20.2 Å². The number of nitrogens with two attached hydrogens (primary N) is 2. The lowest BCUT2D eigenvalue weighted by molar-refractivity contribution is 0.266. The molecular formula is C17H23ClFN7O. The van der Waals surface area contributed by atoms with Crippen LogP contribution < -0.4 is 26.4 Å². The van der Waals surface area contributed by atoms with E-state index in [1.165, 1.54) is 13.2 Å². The molecule has 3 rings (SSSR count). The molecule has 0 spiro atoms. The Morgan fingerprint density at radius 3 is 2.63 bits per heavy atom. The average Bonchev–Trinajstić information content (AvgIpc) is 2.66. The predicted octanol–water partition coefficient (Wildman–Crippen LogP) is 1.68. The molecule has 2 aromatic rings. The Morgan fingerprint density at radius 2 is 1.96 bits per heavy atom. The smallest absolute Gasteiger partial charge is 0.223 e. The number of hydrogen-bond acceptors (Lipinski definition) is 8. The number of hydrogen-bond donors (Lipinski definition) is 3. The lowest BCUT2D eigenvalue weighted by Crippen LogP contribution is -2.47. The van der Waals surface area contributed by atoms with Crippen LogP contribution in [0.15, 0.2) is 18.2 Å². The number of nitrogens with one attached hydrogen (secondary N) is 1. The highest BCUT2D eigenvalue weighted by Gasteiger charge is 2.19. The van der Waals surface area contributed by atoms with Crippen molar-refractivity contribution in [1.82, 2.24) is 14.9 Å². The van der Waals surface area contributed by atoms with Gasteiger partial charge in [0, 0.05) is 45.3 Å². The van der Waals surface area contributed by atoms with Gasteiger partial charge in [-0.2, -0.15) is 9.97 Å². The molecule has 0 bridgehead atoms. The van der Waals surface area contributed by atoms with Crippen LogP contribution in [-0.4, -0.2) is 61.2 Å². The molecule has 0 saturated carbocycles. The molecule has 0 radical (unpaired) electrons. The zero-order chi connectivity index (χ0) is 19.4. The van der Waals surface area contributed by atoms with E-state index in [-0.39, 0.29) is 22.6 Å². The van der Waals surface area contributed by atoms with Crippen LogP contribution in [0.2, 0.25) is 5.15 Å². The molecule has 1 fully saturated rings. The Labute approximate surface area is 162 Å². The summed E-state index contributed by atoms with van der Waals surface area (Å²) in [5, 5.41) is 3.28. The molecule has 27 heavy (non-hydrogen) atoms. The molecule has 10 heteroatoms. The first-order chi connectivity index (χ1) is 13.0. The van der Waals surface area contributed by atoms with Crippen LogP contribution in [0.4, 0.5) is 27.5 Å². The summed E-state index contributed by atoms with van der Waals surface area (Å²) >= 11 is 5.90. The molecule has 1 aliphatic heterocycles. The number of benzene rings is 1. The summed E-state index contributed by atoms with van der Waals surface area (Å²) in [5.74, 6) is 0.766. The summed E-state index contributed by atoms with van der Waals surface area (Å²) in [5.41, 5.74) is 12.3. The van der Waals surface area contributed by atoms with Crippen molar-refractivity contribution in [3.63, 3.8) is 0 Å². The standard InChI is InChI=1S/C17H23ClFN7O/c1-27-11-2-3-13(12(19)10-11)26-8-6-25(7-9-26)5-4-22-16-14(20)15(18)23-17(21)24-16/h2-3,10H,4-9,20H2,1H3,(H3,21,22,23,24). The van der Waals surface area contributed by atoms with Gasteiger partial charge < -0.3 is 26.4 Å². The van der Waals surface area contributed by atoms with Gasteiger partial charge in [0.15, 0.2) is 11.0 Å². The molecule has 5 N–H and O–H groups in total. The zero-order valence-electron chi connectivity index (χ0n) is 15.1. The highest BCUT2D eigenvalue weighted by molar-refractivity contribution is 6.32. The van der Waals surface area contributed by atoms with Crippen LogP contribution in [-0.2, 0) is 0 Å². The first kappa shape index (κ1) is 19.2. The molecule has 0 aliphatic carbocycles. The third-order valence-electron chi connectivity index (χ3n) is 4.50. The van der Waals surface area contributed by atoms with Gasteiger partial charge in [0.25, 0.3) is 0 Å². The molecule has 0 atom stereocenters. The summed E-state index contributed by atoms with van der Waals surface area (Å²) in [6.45, 7) is 4.58. The SMILES string of the molecule is COc1ccc(N2CCN(CCNc3nc(N)nc(Cl)c3N)CC2)c(F)c1. The van der Waals surface area contributed by atoms with E-state index in [0.29, 0.717) is 23.8 Å². The van der Waals surface area contributed by atoms with Gasteiger partial charge in [-0.1, -0.05) is 11.6 Å². The first-order valence-electron chi connectivity index (χ1n) is 8.61. The van der Waals surface area contributed by atoms with E-state index in [9.17, 15) is 4.39 Å². The van der Waals surface area contributed by atoms with Crippen molar-refractivity contribution < 1.29 is 9.13 Å². The third kappa shape index (κ3) is 4.61. The average molecular weight is 396 g/mol. The fraction of sp³-hybridized carbons (Fsp3) is 0.412. The minimum Gasteiger partial charge on any atom is -0.497 e. The second kappa shape index (κ2) is 8.45. The third-order valence-corrected chi connectivity index (χ3v) is 4.79. The van der Waals surface area contributed by atoms with Crippen LogP contribution >= 0.6 is 11.6 Å². The van der Waals surface area contributed by atoms with Crippen molar-refractivity contribution in [3.8, 4) is 5.75 Å². The Morgan fingerprint density at radius 1 is 1.22 bits per heavy atom. The molecule has 1 aromatic carbocycles. The minimum absolute atomic E-state index is 0.0758. The molecule has 0 amide bonds. The van der Waals surface area contributed by atoms with Gasteiger partial charge in [0.05, 0.1) is 12.8 Å². The number of aromatic nitrogens is 2. The maximum Gasteiger partial charge on any atom is 0.223 e. The Kier molecular flexibility index (Phi) is 6.02. The predicted molar refractivity (Wildman–Crippen MR) is 106 cm³/mol. The lowest BCUT2D eigenvalue weighted by Gasteiger charge is -2.36. The van der Waals surface area contributed by atoms with Gasteiger partial charge in [-0.25, -0.2) is 4.39 Å². The second-order valence-corrected chi connectivity index (χ2v) is 6.57. The van der Waals surface area contributed by atoms with Crippen molar-refractivity contribution in [1.29, 1.82) is 0 Å². The number of piperazine rings is 1. The molecule has 1 aromatic heterocycles. The number of nitrogen functional groups attached to an aromatic ring is 2. The highest BCUT2D eigenvalue weighted by atomic mass is 35.5. The number of halogens is 2. The molecule has 8 nitrogen and oxygen atoms in total. The highest BCUT2D eigenvalue weighted by Crippen LogP contribution is 2.25. The van der Waals surface area contributed by atoms with Crippen LogP contribution in [0, 0.1) is 5.82 Å². The largest absolute Gasteiger partial charge is 0.497 e. The molecular weight excluding hydrogens is 373 g/mol. The number of methoxy groups -OCH3 is 1.